The van der Waals surface area contributed by atoms with E-state index in [1.54, 1.807) is 32.0 Å². The van der Waals surface area contributed by atoms with E-state index in [0.29, 0.717) is 34.2 Å². The number of anilines is 1. The third-order valence-electron chi connectivity index (χ3n) is 5.82. The van der Waals surface area contributed by atoms with E-state index in [0.717, 1.165) is 37.7 Å². The van der Waals surface area contributed by atoms with Crippen molar-refractivity contribution in [2.75, 3.05) is 19.4 Å². The predicted octanol–water partition coefficient (Wildman–Crippen LogP) is 3.34. The molecular weight excluding hydrogens is 394 g/mol. The molecule has 0 unspecified atom stereocenters. The normalized spacial score (nSPS) is 18.8. The first kappa shape index (κ1) is 20.0. The Morgan fingerprint density at radius 3 is 2.79 bits per heavy atom. The van der Waals surface area contributed by atoms with Gasteiger partial charge in [-0.25, -0.2) is 9.78 Å². The van der Waals surface area contributed by atoms with Crippen LogP contribution in [-0.2, 0) is 16.9 Å². The number of carbonyl (C=O) groups excluding carboxylic acids is 2. The maximum Gasteiger partial charge on any atom is 0.319 e. The van der Waals surface area contributed by atoms with E-state index in [9.17, 15) is 9.59 Å². The summed E-state index contributed by atoms with van der Waals surface area (Å²) in [4.78, 5) is 30.5. The third-order valence-corrected chi connectivity index (χ3v) is 6.12. The molecular formula is C20H26ClN5O3. The Balaban J connectivity index is 1.71. The number of halogens is 1. The largest absolute Gasteiger partial charge is 0.439 e. The highest BCUT2D eigenvalue weighted by molar-refractivity contribution is 6.35. The average molecular weight is 420 g/mol. The van der Waals surface area contributed by atoms with Crippen LogP contribution in [0, 0.1) is 0 Å². The summed E-state index contributed by atoms with van der Waals surface area (Å²) in [5, 5.41) is 9.58. The lowest BCUT2D eigenvalue weighted by atomic mass is 9.74. The smallest absolute Gasteiger partial charge is 0.319 e. The Bertz CT molecular complexity index is 965. The molecule has 1 atom stereocenters. The number of amides is 3. The highest BCUT2D eigenvalue weighted by Crippen LogP contribution is 2.48. The summed E-state index contributed by atoms with van der Waals surface area (Å²) < 4.78 is 6.13. The van der Waals surface area contributed by atoms with Crippen molar-refractivity contribution >= 4 is 40.3 Å². The van der Waals surface area contributed by atoms with Gasteiger partial charge in [0.05, 0.1) is 28.8 Å². The number of fused-ring (bicyclic) bond motifs is 4. The van der Waals surface area contributed by atoms with Gasteiger partial charge in [0, 0.05) is 19.7 Å². The summed E-state index contributed by atoms with van der Waals surface area (Å²) in [7, 11) is 3.44. The number of aromatic nitrogens is 1. The number of urea groups is 1. The molecule has 4 rings (SSSR count). The van der Waals surface area contributed by atoms with Crippen LogP contribution < -0.4 is 16.0 Å². The van der Waals surface area contributed by atoms with Crippen LogP contribution in [0.2, 0.25) is 5.02 Å². The van der Waals surface area contributed by atoms with Crippen molar-refractivity contribution < 1.29 is 14.0 Å². The summed E-state index contributed by atoms with van der Waals surface area (Å²) in [5.41, 5.74) is 2.30. The first-order chi connectivity index (χ1) is 13.8. The minimum absolute atomic E-state index is 0.0189. The molecule has 2 aliphatic rings. The van der Waals surface area contributed by atoms with Gasteiger partial charge < -0.3 is 20.0 Å². The van der Waals surface area contributed by atoms with Gasteiger partial charge in [0.2, 0.25) is 11.8 Å². The van der Waals surface area contributed by atoms with Crippen LogP contribution in [0.5, 0.6) is 0 Å². The molecule has 3 amide bonds. The molecule has 29 heavy (non-hydrogen) atoms. The van der Waals surface area contributed by atoms with Crippen molar-refractivity contribution in [3.8, 4) is 0 Å². The Labute approximate surface area is 174 Å². The van der Waals surface area contributed by atoms with Gasteiger partial charge in [0.1, 0.15) is 5.52 Å². The molecule has 2 heterocycles. The standard InChI is InChI=1S/C20H26ClN5O3/c1-11(18(27)26(2)3)22-10-14-23-13-9-12(21)16-15(17(13)29-14)20(25-19(28)24-16)7-5-4-6-8-20/h9,11,22H,4-8,10H2,1-3H3,(H2,24,25,28)/t11-/m0/s1. The van der Waals surface area contributed by atoms with Crippen LogP contribution in [0.15, 0.2) is 10.5 Å². The minimum Gasteiger partial charge on any atom is -0.439 e. The van der Waals surface area contributed by atoms with Gasteiger partial charge in [0.15, 0.2) is 5.58 Å². The molecule has 2 aromatic rings. The SMILES string of the molecule is C[C@H](NCc1nc2cc(Cl)c3c(c2o1)C1(CCCCC1)NC(=O)N3)C(=O)N(C)C. The Kier molecular flexibility index (Phi) is 5.16. The van der Waals surface area contributed by atoms with E-state index in [1.807, 2.05) is 0 Å². The van der Waals surface area contributed by atoms with Crippen molar-refractivity contribution in [3.63, 3.8) is 0 Å². The molecule has 0 radical (unpaired) electrons. The van der Waals surface area contributed by atoms with Gasteiger partial charge in [-0.05, 0) is 25.8 Å². The fraction of sp³-hybridized carbons (Fsp3) is 0.550. The molecule has 1 aliphatic heterocycles. The number of hydrogen-bond donors (Lipinski definition) is 3. The van der Waals surface area contributed by atoms with Gasteiger partial charge >= 0.3 is 6.03 Å². The van der Waals surface area contributed by atoms with Crippen molar-refractivity contribution in [3.05, 3.63) is 22.5 Å². The van der Waals surface area contributed by atoms with Crippen molar-refractivity contribution in [1.82, 2.24) is 20.5 Å². The van der Waals surface area contributed by atoms with E-state index in [2.05, 4.69) is 20.9 Å². The summed E-state index contributed by atoms with van der Waals surface area (Å²) in [6, 6.07) is 1.13. The molecule has 1 aromatic carbocycles. The number of likely N-dealkylation sites (N-methyl/N-ethyl adjacent to an activating group) is 1. The quantitative estimate of drug-likeness (QED) is 0.705. The summed E-state index contributed by atoms with van der Waals surface area (Å²) in [6.07, 6.45) is 4.88. The predicted molar refractivity (Wildman–Crippen MR) is 111 cm³/mol. The van der Waals surface area contributed by atoms with Crippen LogP contribution in [0.3, 0.4) is 0 Å². The highest BCUT2D eigenvalue weighted by atomic mass is 35.5. The molecule has 0 bridgehead atoms. The van der Waals surface area contributed by atoms with E-state index in [1.165, 1.54) is 0 Å². The van der Waals surface area contributed by atoms with Gasteiger partial charge in [-0.1, -0.05) is 30.9 Å². The van der Waals surface area contributed by atoms with Crippen LogP contribution in [-0.4, -0.2) is 42.0 Å². The zero-order valence-electron chi connectivity index (χ0n) is 16.9. The van der Waals surface area contributed by atoms with Crippen LogP contribution in [0.25, 0.3) is 11.1 Å². The molecule has 156 valence electrons. The number of carbonyl (C=O) groups is 2. The first-order valence-corrected chi connectivity index (χ1v) is 10.3. The molecule has 0 saturated heterocycles. The monoisotopic (exact) mass is 419 g/mol. The molecule has 9 heteroatoms. The lowest BCUT2D eigenvalue weighted by Crippen LogP contribution is -2.52. The average Bonchev–Trinajstić information content (AvgIpc) is 3.08. The first-order valence-electron chi connectivity index (χ1n) is 9.97. The number of oxazole rings is 1. The third kappa shape index (κ3) is 3.55. The van der Waals surface area contributed by atoms with Gasteiger partial charge in [0.25, 0.3) is 0 Å². The molecule has 1 fully saturated rings. The molecule has 1 spiro atoms. The second-order valence-corrected chi connectivity index (χ2v) is 8.53. The molecule has 3 N–H and O–H groups in total. The van der Waals surface area contributed by atoms with Crippen LogP contribution in [0.1, 0.15) is 50.5 Å². The Morgan fingerprint density at radius 1 is 1.38 bits per heavy atom. The van der Waals surface area contributed by atoms with Crippen LogP contribution >= 0.6 is 11.6 Å². The molecule has 1 saturated carbocycles. The van der Waals surface area contributed by atoms with Crippen molar-refractivity contribution in [1.29, 1.82) is 0 Å². The van der Waals surface area contributed by atoms with Gasteiger partial charge in [-0.15, -0.1) is 0 Å². The van der Waals surface area contributed by atoms with E-state index < -0.39 is 5.54 Å². The molecule has 1 aliphatic carbocycles. The zero-order valence-corrected chi connectivity index (χ0v) is 17.7. The van der Waals surface area contributed by atoms with Crippen molar-refractivity contribution in [2.45, 2.75) is 57.2 Å². The van der Waals surface area contributed by atoms with Gasteiger partial charge in [-0.3, -0.25) is 10.1 Å². The number of rotatable bonds is 4. The van der Waals surface area contributed by atoms with Gasteiger partial charge in [-0.2, -0.15) is 0 Å². The second-order valence-electron chi connectivity index (χ2n) is 8.12. The Hall–Kier alpha value is -2.32. The lowest BCUT2D eigenvalue weighted by molar-refractivity contribution is -0.130. The molecule has 1 aromatic heterocycles. The van der Waals surface area contributed by atoms with E-state index in [4.69, 9.17) is 16.0 Å². The second kappa shape index (κ2) is 7.50. The fourth-order valence-electron chi connectivity index (χ4n) is 4.40. The highest BCUT2D eigenvalue weighted by Gasteiger charge is 2.44. The van der Waals surface area contributed by atoms with Crippen LogP contribution in [0.4, 0.5) is 10.5 Å². The molecule has 8 nitrogen and oxygen atoms in total. The Morgan fingerprint density at radius 2 is 2.10 bits per heavy atom. The summed E-state index contributed by atoms with van der Waals surface area (Å²) >= 11 is 6.51. The fourth-order valence-corrected chi connectivity index (χ4v) is 4.65. The zero-order chi connectivity index (χ0) is 20.8. The number of hydrogen-bond acceptors (Lipinski definition) is 5. The maximum atomic E-state index is 12.3. The van der Waals surface area contributed by atoms with E-state index >= 15 is 0 Å². The maximum absolute atomic E-state index is 12.3. The lowest BCUT2D eigenvalue weighted by Gasteiger charge is -2.42. The van der Waals surface area contributed by atoms with E-state index in [-0.39, 0.29) is 18.0 Å². The minimum atomic E-state index is -0.489. The number of benzene rings is 1. The summed E-state index contributed by atoms with van der Waals surface area (Å²) in [5.74, 6) is 0.459. The topological polar surface area (TPSA) is 99.5 Å². The number of nitrogens with zero attached hydrogens (tertiary/aromatic N) is 2. The van der Waals surface area contributed by atoms with Crippen molar-refractivity contribution in [2.24, 2.45) is 0 Å². The number of nitrogens with one attached hydrogen (secondary N) is 3. The summed E-state index contributed by atoms with van der Waals surface area (Å²) in [6.45, 7) is 2.12.